The number of rotatable bonds is 1. The Morgan fingerprint density at radius 1 is 1.38 bits per heavy atom. The molecule has 1 atom stereocenters. The molecule has 2 heterocycles. The number of nitrogens with one attached hydrogen (secondary N) is 1. The summed E-state index contributed by atoms with van der Waals surface area (Å²) in [6, 6.07) is 0.0438. The molecule has 1 unspecified atom stereocenters. The number of ether oxygens (including phenoxy) is 1. The van der Waals surface area contributed by atoms with Gasteiger partial charge in [-0.2, -0.15) is 4.98 Å². The minimum absolute atomic E-state index is 0. The average molecular weight is 248 g/mol. The van der Waals surface area contributed by atoms with E-state index in [-0.39, 0.29) is 23.9 Å². The third-order valence-corrected chi connectivity index (χ3v) is 2.33. The fourth-order valence-corrected chi connectivity index (χ4v) is 1.41. The molecule has 6 heteroatoms. The van der Waals surface area contributed by atoms with Crippen LogP contribution in [0.15, 0.2) is 4.52 Å². The fraction of sp³-hybridized carbons (Fsp3) is 0.800. The molecule has 92 valence electrons. The molecule has 1 aliphatic heterocycles. The van der Waals surface area contributed by atoms with Gasteiger partial charge in [0.1, 0.15) is 6.04 Å². The predicted molar refractivity (Wildman–Crippen MR) is 61.8 cm³/mol. The van der Waals surface area contributed by atoms with Crippen molar-refractivity contribution >= 4 is 12.4 Å². The molecule has 0 amide bonds. The first kappa shape index (κ1) is 13.4. The summed E-state index contributed by atoms with van der Waals surface area (Å²) in [4.78, 5) is 4.38. The lowest BCUT2D eigenvalue weighted by molar-refractivity contribution is 0.0659. The van der Waals surface area contributed by atoms with Crippen molar-refractivity contribution in [3.05, 3.63) is 11.7 Å². The highest BCUT2D eigenvalue weighted by Crippen LogP contribution is 2.21. The maximum atomic E-state index is 5.34. The molecule has 1 aliphatic rings. The molecular weight excluding hydrogens is 230 g/mol. The van der Waals surface area contributed by atoms with Crippen LogP contribution in [-0.2, 0) is 10.2 Å². The number of hydrogen-bond acceptors (Lipinski definition) is 5. The summed E-state index contributed by atoms with van der Waals surface area (Å²) in [6.45, 7) is 8.37. The van der Waals surface area contributed by atoms with Gasteiger partial charge in [-0.1, -0.05) is 25.9 Å². The lowest BCUT2D eigenvalue weighted by atomic mass is 9.96. The van der Waals surface area contributed by atoms with Gasteiger partial charge in [0, 0.05) is 12.0 Å². The Morgan fingerprint density at radius 2 is 2.12 bits per heavy atom. The van der Waals surface area contributed by atoms with Crippen LogP contribution in [0.1, 0.15) is 38.5 Å². The summed E-state index contributed by atoms with van der Waals surface area (Å²) < 4.78 is 10.6. The highest BCUT2D eigenvalue weighted by atomic mass is 35.5. The van der Waals surface area contributed by atoms with Crippen LogP contribution >= 0.6 is 12.4 Å². The molecule has 0 saturated carbocycles. The van der Waals surface area contributed by atoms with Crippen molar-refractivity contribution < 1.29 is 9.26 Å². The number of hydrogen-bond donors (Lipinski definition) is 1. The number of morpholine rings is 1. The molecule has 0 aromatic carbocycles. The van der Waals surface area contributed by atoms with Crippen molar-refractivity contribution in [2.75, 3.05) is 19.8 Å². The summed E-state index contributed by atoms with van der Waals surface area (Å²) in [5.41, 5.74) is -0.0721. The Kier molecular flexibility index (Phi) is 4.29. The average Bonchev–Trinajstić information content (AvgIpc) is 2.67. The van der Waals surface area contributed by atoms with Gasteiger partial charge in [-0.25, -0.2) is 0 Å². The minimum Gasteiger partial charge on any atom is -0.378 e. The summed E-state index contributed by atoms with van der Waals surface area (Å²) in [5.74, 6) is 1.37. The Bertz CT molecular complexity index is 329. The van der Waals surface area contributed by atoms with E-state index in [9.17, 15) is 0 Å². The highest BCUT2D eigenvalue weighted by Gasteiger charge is 2.25. The second-order valence-corrected chi connectivity index (χ2v) is 4.79. The summed E-state index contributed by atoms with van der Waals surface area (Å²) >= 11 is 0. The van der Waals surface area contributed by atoms with Gasteiger partial charge in [-0.05, 0) is 0 Å². The molecule has 1 aromatic rings. The van der Waals surface area contributed by atoms with Crippen LogP contribution < -0.4 is 5.32 Å². The van der Waals surface area contributed by atoms with Gasteiger partial charge in [0.05, 0.1) is 13.2 Å². The first-order chi connectivity index (χ1) is 7.07. The van der Waals surface area contributed by atoms with Gasteiger partial charge in [-0.3, -0.25) is 0 Å². The Hall–Kier alpha value is -0.650. The van der Waals surface area contributed by atoms with Gasteiger partial charge in [0.15, 0.2) is 5.82 Å². The van der Waals surface area contributed by atoms with Gasteiger partial charge in [-0.15, -0.1) is 12.4 Å². The number of aromatic nitrogens is 2. The molecule has 1 N–H and O–H groups in total. The van der Waals surface area contributed by atoms with Crippen molar-refractivity contribution in [1.29, 1.82) is 0 Å². The molecule has 1 aromatic heterocycles. The van der Waals surface area contributed by atoms with Crippen LogP contribution in [0, 0.1) is 0 Å². The third-order valence-electron chi connectivity index (χ3n) is 2.33. The summed E-state index contributed by atoms with van der Waals surface area (Å²) in [7, 11) is 0. The molecule has 0 bridgehead atoms. The van der Waals surface area contributed by atoms with Crippen molar-refractivity contribution in [3.63, 3.8) is 0 Å². The largest absolute Gasteiger partial charge is 0.378 e. The smallest absolute Gasteiger partial charge is 0.246 e. The molecular formula is C10H18ClN3O2. The second-order valence-electron chi connectivity index (χ2n) is 4.79. The lowest BCUT2D eigenvalue weighted by Gasteiger charge is -2.20. The molecule has 1 fully saturated rings. The van der Waals surface area contributed by atoms with Gasteiger partial charge < -0.3 is 14.6 Å². The monoisotopic (exact) mass is 247 g/mol. The van der Waals surface area contributed by atoms with Crippen molar-refractivity contribution in [2.45, 2.75) is 32.2 Å². The zero-order valence-electron chi connectivity index (χ0n) is 9.82. The molecule has 16 heavy (non-hydrogen) atoms. The normalized spacial score (nSPS) is 21.6. The molecule has 2 rings (SSSR count). The van der Waals surface area contributed by atoms with E-state index >= 15 is 0 Å². The zero-order valence-corrected chi connectivity index (χ0v) is 10.6. The first-order valence-electron chi connectivity index (χ1n) is 5.22. The SMILES string of the molecule is CC(C)(C)c1noc(C2COCCN2)n1.Cl. The number of halogens is 1. The maximum Gasteiger partial charge on any atom is 0.246 e. The van der Waals surface area contributed by atoms with Crippen molar-refractivity contribution in [2.24, 2.45) is 0 Å². The van der Waals surface area contributed by atoms with E-state index in [1.54, 1.807) is 0 Å². The van der Waals surface area contributed by atoms with Gasteiger partial charge >= 0.3 is 0 Å². The van der Waals surface area contributed by atoms with Crippen LogP contribution in [0.2, 0.25) is 0 Å². The van der Waals surface area contributed by atoms with E-state index in [2.05, 4.69) is 36.2 Å². The van der Waals surface area contributed by atoms with Crippen LogP contribution in [0.3, 0.4) is 0 Å². The topological polar surface area (TPSA) is 60.2 Å². The Balaban J connectivity index is 0.00000128. The van der Waals surface area contributed by atoms with Crippen LogP contribution in [0.4, 0.5) is 0 Å². The quantitative estimate of drug-likeness (QED) is 0.814. The predicted octanol–water partition coefficient (Wildman–Crippen LogP) is 1.45. The first-order valence-corrected chi connectivity index (χ1v) is 5.22. The van der Waals surface area contributed by atoms with E-state index in [1.807, 2.05) is 0 Å². The number of nitrogens with zero attached hydrogens (tertiary/aromatic N) is 2. The lowest BCUT2D eigenvalue weighted by Crippen LogP contribution is -2.34. The van der Waals surface area contributed by atoms with Crippen molar-refractivity contribution in [1.82, 2.24) is 15.5 Å². The second kappa shape index (κ2) is 5.12. The molecule has 0 spiro atoms. The molecule has 0 aliphatic carbocycles. The van der Waals surface area contributed by atoms with Crippen LogP contribution in [-0.4, -0.2) is 29.9 Å². The van der Waals surface area contributed by atoms with Crippen LogP contribution in [0.25, 0.3) is 0 Å². The van der Waals surface area contributed by atoms with E-state index < -0.39 is 0 Å². The molecule has 0 radical (unpaired) electrons. The minimum atomic E-state index is -0.0721. The standard InChI is InChI=1S/C10H17N3O2.ClH/c1-10(2,3)9-12-8(15-13-9)7-6-14-5-4-11-7;/h7,11H,4-6H2,1-3H3;1H. The third kappa shape index (κ3) is 2.93. The van der Waals surface area contributed by atoms with Crippen molar-refractivity contribution in [3.8, 4) is 0 Å². The maximum absolute atomic E-state index is 5.34. The van der Waals surface area contributed by atoms with Gasteiger partial charge in [0.2, 0.25) is 5.89 Å². The highest BCUT2D eigenvalue weighted by molar-refractivity contribution is 5.85. The Labute approximate surface area is 101 Å². The van der Waals surface area contributed by atoms with Crippen LogP contribution in [0.5, 0.6) is 0 Å². The van der Waals surface area contributed by atoms with E-state index in [1.165, 1.54) is 0 Å². The van der Waals surface area contributed by atoms with E-state index in [0.717, 1.165) is 19.0 Å². The fourth-order valence-electron chi connectivity index (χ4n) is 1.41. The molecule has 5 nitrogen and oxygen atoms in total. The van der Waals surface area contributed by atoms with Gasteiger partial charge in [0.25, 0.3) is 0 Å². The van der Waals surface area contributed by atoms with E-state index in [4.69, 9.17) is 9.26 Å². The zero-order chi connectivity index (χ0) is 10.9. The molecule has 1 saturated heterocycles. The van der Waals surface area contributed by atoms with E-state index in [0.29, 0.717) is 12.5 Å². The summed E-state index contributed by atoms with van der Waals surface area (Å²) in [6.07, 6.45) is 0. The Morgan fingerprint density at radius 3 is 2.62 bits per heavy atom. The summed E-state index contributed by atoms with van der Waals surface area (Å²) in [5, 5.41) is 7.26.